The molecule has 0 bridgehead atoms. The summed E-state index contributed by atoms with van der Waals surface area (Å²) in [6.45, 7) is 3.08. The lowest BCUT2D eigenvalue weighted by Crippen LogP contribution is -2.16. The molecule has 0 fully saturated rings. The molecule has 1 rings (SSSR count). The maximum atomic E-state index is 11.9. The Balaban J connectivity index is 2.31. The van der Waals surface area contributed by atoms with Crippen LogP contribution in [0.25, 0.3) is 0 Å². The first kappa shape index (κ1) is 14.7. The van der Waals surface area contributed by atoms with Crippen molar-refractivity contribution < 1.29 is 17.9 Å². The molecular formula is C11H16F3N3O. The van der Waals surface area contributed by atoms with Gasteiger partial charge in [0, 0.05) is 12.6 Å². The SMILES string of the molecule is CCCNCc1ccc(OCCC(F)(F)F)nn1. The molecule has 0 spiro atoms. The van der Waals surface area contributed by atoms with Crippen LogP contribution in [0.4, 0.5) is 13.2 Å². The van der Waals surface area contributed by atoms with Crippen molar-refractivity contribution in [2.24, 2.45) is 0 Å². The molecule has 0 amide bonds. The summed E-state index contributed by atoms with van der Waals surface area (Å²) in [4.78, 5) is 0. The van der Waals surface area contributed by atoms with Crippen LogP contribution in [-0.4, -0.2) is 29.5 Å². The van der Waals surface area contributed by atoms with Gasteiger partial charge < -0.3 is 10.1 Å². The van der Waals surface area contributed by atoms with Crippen LogP contribution in [0, 0.1) is 0 Å². The molecule has 7 heteroatoms. The van der Waals surface area contributed by atoms with Crippen LogP contribution in [0.1, 0.15) is 25.5 Å². The van der Waals surface area contributed by atoms with Crippen molar-refractivity contribution >= 4 is 0 Å². The van der Waals surface area contributed by atoms with E-state index in [1.165, 1.54) is 6.07 Å². The van der Waals surface area contributed by atoms with Crippen LogP contribution in [0.15, 0.2) is 12.1 Å². The highest BCUT2D eigenvalue weighted by Gasteiger charge is 2.26. The number of rotatable bonds is 7. The normalized spacial score (nSPS) is 11.6. The van der Waals surface area contributed by atoms with Crippen molar-refractivity contribution in [1.82, 2.24) is 15.5 Å². The van der Waals surface area contributed by atoms with Gasteiger partial charge in [-0.3, -0.25) is 0 Å². The van der Waals surface area contributed by atoms with Gasteiger partial charge in [0.05, 0.1) is 18.7 Å². The molecule has 102 valence electrons. The van der Waals surface area contributed by atoms with Gasteiger partial charge in [-0.2, -0.15) is 18.3 Å². The Morgan fingerprint density at radius 1 is 1.28 bits per heavy atom. The summed E-state index contributed by atoms with van der Waals surface area (Å²) < 4.78 is 40.5. The number of nitrogens with one attached hydrogen (secondary N) is 1. The summed E-state index contributed by atoms with van der Waals surface area (Å²) in [5.74, 6) is 0.110. The van der Waals surface area contributed by atoms with Crippen LogP contribution in [0.5, 0.6) is 5.88 Å². The first-order valence-electron chi connectivity index (χ1n) is 5.74. The first-order chi connectivity index (χ1) is 8.51. The quantitative estimate of drug-likeness (QED) is 0.767. The van der Waals surface area contributed by atoms with E-state index in [0.717, 1.165) is 18.7 Å². The minimum Gasteiger partial charge on any atom is -0.476 e. The standard InChI is InChI=1S/C11H16F3N3O/c1-2-6-15-8-9-3-4-10(17-16-9)18-7-5-11(12,13)14/h3-4,15H,2,5-8H2,1H3. The summed E-state index contributed by atoms with van der Waals surface area (Å²) in [5, 5.41) is 10.7. The highest BCUT2D eigenvalue weighted by Crippen LogP contribution is 2.19. The number of ether oxygens (including phenoxy) is 1. The fraction of sp³-hybridized carbons (Fsp3) is 0.636. The Kier molecular flexibility index (Phi) is 5.84. The third-order valence-corrected chi connectivity index (χ3v) is 2.06. The van der Waals surface area contributed by atoms with Crippen LogP contribution >= 0.6 is 0 Å². The van der Waals surface area contributed by atoms with Gasteiger partial charge >= 0.3 is 6.18 Å². The lowest BCUT2D eigenvalue weighted by Gasteiger charge is -2.07. The average Bonchev–Trinajstić information content (AvgIpc) is 2.30. The largest absolute Gasteiger partial charge is 0.476 e. The van der Waals surface area contributed by atoms with Crippen molar-refractivity contribution in [2.45, 2.75) is 32.5 Å². The first-order valence-corrected chi connectivity index (χ1v) is 5.74. The zero-order valence-electron chi connectivity index (χ0n) is 10.1. The monoisotopic (exact) mass is 263 g/mol. The minimum atomic E-state index is -4.21. The molecule has 1 heterocycles. The second kappa shape index (κ2) is 7.15. The predicted octanol–water partition coefficient (Wildman–Crippen LogP) is 2.31. The predicted molar refractivity (Wildman–Crippen MR) is 60.2 cm³/mol. The number of nitrogens with zero attached hydrogens (tertiary/aromatic N) is 2. The van der Waals surface area contributed by atoms with Crippen LogP contribution in [0.2, 0.25) is 0 Å². The summed E-state index contributed by atoms with van der Waals surface area (Å²) in [6.07, 6.45) is -4.18. The maximum Gasteiger partial charge on any atom is 0.392 e. The molecule has 0 saturated carbocycles. The van der Waals surface area contributed by atoms with Gasteiger partial charge in [-0.1, -0.05) is 6.92 Å². The maximum absolute atomic E-state index is 11.9. The third-order valence-electron chi connectivity index (χ3n) is 2.06. The topological polar surface area (TPSA) is 47.0 Å². The fourth-order valence-electron chi connectivity index (χ4n) is 1.18. The molecule has 4 nitrogen and oxygen atoms in total. The lowest BCUT2D eigenvalue weighted by atomic mass is 10.3. The van der Waals surface area contributed by atoms with E-state index in [4.69, 9.17) is 4.74 Å². The Morgan fingerprint density at radius 2 is 2.06 bits per heavy atom. The van der Waals surface area contributed by atoms with Crippen molar-refractivity contribution in [1.29, 1.82) is 0 Å². The molecule has 1 N–H and O–H groups in total. The third kappa shape index (κ3) is 6.39. The van der Waals surface area contributed by atoms with E-state index in [0.29, 0.717) is 6.54 Å². The van der Waals surface area contributed by atoms with Crippen molar-refractivity contribution in [3.05, 3.63) is 17.8 Å². The number of halogens is 3. The fourth-order valence-corrected chi connectivity index (χ4v) is 1.18. The van der Waals surface area contributed by atoms with E-state index in [9.17, 15) is 13.2 Å². The second-order valence-electron chi connectivity index (χ2n) is 3.75. The summed E-state index contributed by atoms with van der Waals surface area (Å²) in [7, 11) is 0. The zero-order valence-corrected chi connectivity index (χ0v) is 10.1. The number of aromatic nitrogens is 2. The zero-order chi connectivity index (χ0) is 13.4. The smallest absolute Gasteiger partial charge is 0.392 e. The van der Waals surface area contributed by atoms with E-state index in [1.54, 1.807) is 6.07 Å². The highest BCUT2D eigenvalue weighted by molar-refractivity contribution is 5.11. The molecule has 0 aliphatic carbocycles. The van der Waals surface area contributed by atoms with Crippen LogP contribution in [-0.2, 0) is 6.54 Å². The van der Waals surface area contributed by atoms with Crippen molar-refractivity contribution in [3.63, 3.8) is 0 Å². The molecule has 0 saturated heterocycles. The molecular weight excluding hydrogens is 247 g/mol. The van der Waals surface area contributed by atoms with E-state index >= 15 is 0 Å². The molecule has 1 aromatic heterocycles. The van der Waals surface area contributed by atoms with Gasteiger partial charge in [-0.05, 0) is 19.0 Å². The van der Waals surface area contributed by atoms with Gasteiger partial charge in [-0.25, -0.2) is 0 Å². The van der Waals surface area contributed by atoms with Gasteiger partial charge in [0.15, 0.2) is 0 Å². The summed E-state index contributed by atoms with van der Waals surface area (Å²) in [5.41, 5.74) is 0.728. The Labute approximate surface area is 104 Å². The molecule has 0 atom stereocenters. The molecule has 0 radical (unpaired) electrons. The Morgan fingerprint density at radius 3 is 2.61 bits per heavy atom. The molecule has 0 aliphatic rings. The van der Waals surface area contributed by atoms with Crippen molar-refractivity contribution in [2.75, 3.05) is 13.2 Å². The molecule has 0 unspecified atom stereocenters. The summed E-state index contributed by atoms with van der Waals surface area (Å²) in [6, 6.07) is 3.20. The number of hydrogen-bond donors (Lipinski definition) is 1. The van der Waals surface area contributed by atoms with Crippen molar-refractivity contribution in [3.8, 4) is 5.88 Å². The number of hydrogen-bond acceptors (Lipinski definition) is 4. The van der Waals surface area contributed by atoms with Gasteiger partial charge in [-0.15, -0.1) is 5.10 Å². The van der Waals surface area contributed by atoms with Gasteiger partial charge in [0.1, 0.15) is 0 Å². The van der Waals surface area contributed by atoms with E-state index in [1.807, 2.05) is 0 Å². The molecule has 1 aromatic rings. The minimum absolute atomic E-state index is 0.110. The van der Waals surface area contributed by atoms with E-state index in [-0.39, 0.29) is 5.88 Å². The van der Waals surface area contributed by atoms with Crippen LogP contribution < -0.4 is 10.1 Å². The number of alkyl halides is 3. The molecule has 0 aromatic carbocycles. The Bertz CT molecular complexity index is 340. The molecule has 0 aliphatic heterocycles. The van der Waals surface area contributed by atoms with Gasteiger partial charge in [0.25, 0.3) is 0 Å². The van der Waals surface area contributed by atoms with E-state index < -0.39 is 19.2 Å². The molecule has 18 heavy (non-hydrogen) atoms. The second-order valence-corrected chi connectivity index (χ2v) is 3.75. The van der Waals surface area contributed by atoms with Gasteiger partial charge in [0.2, 0.25) is 5.88 Å². The van der Waals surface area contributed by atoms with Crippen LogP contribution in [0.3, 0.4) is 0 Å². The highest BCUT2D eigenvalue weighted by atomic mass is 19.4. The Hall–Kier alpha value is -1.37. The lowest BCUT2D eigenvalue weighted by molar-refractivity contribution is -0.139. The summed E-state index contributed by atoms with van der Waals surface area (Å²) >= 11 is 0. The van der Waals surface area contributed by atoms with E-state index in [2.05, 4.69) is 22.4 Å². The average molecular weight is 263 g/mol.